The zero-order chi connectivity index (χ0) is 11.9. The number of hydrogen-bond donors (Lipinski definition) is 2. The lowest BCUT2D eigenvalue weighted by Gasteiger charge is -2.07. The van der Waals surface area contributed by atoms with Crippen LogP contribution in [0.2, 0.25) is 0 Å². The maximum absolute atomic E-state index is 11.8. The molecule has 2 N–H and O–H groups in total. The van der Waals surface area contributed by atoms with Gasteiger partial charge in [-0.05, 0) is 18.6 Å². The van der Waals surface area contributed by atoms with Crippen LogP contribution < -0.4 is 5.56 Å². The number of pyridine rings is 1. The Morgan fingerprint density at radius 2 is 2.25 bits per heavy atom. The zero-order valence-electron chi connectivity index (χ0n) is 9.29. The minimum absolute atomic E-state index is 0.0849. The van der Waals surface area contributed by atoms with Gasteiger partial charge in [0, 0.05) is 30.4 Å². The van der Waals surface area contributed by atoms with E-state index in [1.807, 2.05) is 6.07 Å². The number of fused-ring (bicyclic) bond motifs is 1. The Morgan fingerprint density at radius 1 is 1.56 bits per heavy atom. The van der Waals surface area contributed by atoms with Crippen LogP contribution in [0.5, 0.6) is 0 Å². The molecule has 0 aliphatic heterocycles. The second-order valence-corrected chi connectivity index (χ2v) is 3.88. The van der Waals surface area contributed by atoms with Gasteiger partial charge in [-0.3, -0.25) is 10.2 Å². The Morgan fingerprint density at radius 3 is 2.88 bits per heavy atom. The van der Waals surface area contributed by atoms with E-state index in [9.17, 15) is 4.79 Å². The molecule has 4 nitrogen and oxygen atoms in total. The Balaban J connectivity index is 2.85. The van der Waals surface area contributed by atoms with E-state index in [2.05, 4.69) is 11.6 Å². The highest BCUT2D eigenvalue weighted by Crippen LogP contribution is 2.16. The SMILES string of the molecule is C=C(C)C(=N)c1cn(C)c(=O)c2[nH]ccc12. The Bertz CT molecular complexity index is 646. The van der Waals surface area contributed by atoms with Gasteiger partial charge in [-0.1, -0.05) is 6.58 Å². The van der Waals surface area contributed by atoms with Crippen molar-refractivity contribution in [3.63, 3.8) is 0 Å². The molecule has 0 unspecified atom stereocenters. The molecule has 2 heterocycles. The lowest BCUT2D eigenvalue weighted by atomic mass is 10.0. The topological polar surface area (TPSA) is 61.6 Å². The first-order valence-electron chi connectivity index (χ1n) is 4.94. The number of rotatable bonds is 2. The fourth-order valence-corrected chi connectivity index (χ4v) is 1.70. The number of aryl methyl sites for hydroxylation is 1. The molecule has 0 saturated carbocycles. The molecule has 82 valence electrons. The summed E-state index contributed by atoms with van der Waals surface area (Å²) in [5.41, 5.74) is 2.22. The molecular formula is C12H13N3O. The maximum Gasteiger partial charge on any atom is 0.274 e. The van der Waals surface area contributed by atoms with Gasteiger partial charge in [0.05, 0.1) is 5.71 Å². The summed E-state index contributed by atoms with van der Waals surface area (Å²) in [6, 6.07) is 1.81. The second kappa shape index (κ2) is 3.48. The summed E-state index contributed by atoms with van der Waals surface area (Å²) in [6.45, 7) is 5.54. The summed E-state index contributed by atoms with van der Waals surface area (Å²) in [4.78, 5) is 14.7. The van der Waals surface area contributed by atoms with E-state index in [0.29, 0.717) is 16.8 Å². The highest BCUT2D eigenvalue weighted by Gasteiger charge is 2.11. The van der Waals surface area contributed by atoms with Crippen LogP contribution in [0, 0.1) is 5.41 Å². The van der Waals surface area contributed by atoms with Crippen LogP contribution in [-0.2, 0) is 7.05 Å². The number of aromatic nitrogens is 2. The molecule has 2 rings (SSSR count). The van der Waals surface area contributed by atoms with Crippen molar-refractivity contribution >= 4 is 16.6 Å². The number of nitrogens with one attached hydrogen (secondary N) is 2. The largest absolute Gasteiger partial charge is 0.357 e. The third kappa shape index (κ3) is 1.39. The molecule has 2 aromatic rings. The summed E-state index contributed by atoms with van der Waals surface area (Å²) in [5, 5.41) is 8.72. The molecule has 0 saturated heterocycles. The smallest absolute Gasteiger partial charge is 0.274 e. The molecule has 0 bridgehead atoms. The second-order valence-electron chi connectivity index (χ2n) is 3.88. The van der Waals surface area contributed by atoms with Gasteiger partial charge in [0.1, 0.15) is 5.52 Å². The molecule has 0 amide bonds. The molecule has 0 aliphatic rings. The summed E-state index contributed by atoms with van der Waals surface area (Å²) in [7, 11) is 1.68. The van der Waals surface area contributed by atoms with E-state index in [0.717, 1.165) is 10.9 Å². The predicted molar refractivity (Wildman–Crippen MR) is 65.2 cm³/mol. The monoisotopic (exact) mass is 215 g/mol. The molecule has 2 aromatic heterocycles. The molecular weight excluding hydrogens is 202 g/mol. The number of allylic oxidation sites excluding steroid dienone is 1. The number of nitrogens with zero attached hydrogens (tertiary/aromatic N) is 1. The summed E-state index contributed by atoms with van der Waals surface area (Å²) < 4.78 is 1.48. The van der Waals surface area contributed by atoms with Crippen molar-refractivity contribution in [3.8, 4) is 0 Å². The van der Waals surface area contributed by atoms with Crippen molar-refractivity contribution in [2.75, 3.05) is 0 Å². The number of hydrogen-bond acceptors (Lipinski definition) is 2. The molecule has 0 aliphatic carbocycles. The average molecular weight is 215 g/mol. The first-order valence-corrected chi connectivity index (χ1v) is 4.94. The summed E-state index contributed by atoms with van der Waals surface area (Å²) >= 11 is 0. The van der Waals surface area contributed by atoms with Gasteiger partial charge in [0.15, 0.2) is 0 Å². The van der Waals surface area contributed by atoms with Gasteiger partial charge in [0.2, 0.25) is 0 Å². The van der Waals surface area contributed by atoms with Crippen LogP contribution in [-0.4, -0.2) is 15.3 Å². The predicted octanol–water partition coefficient (Wildman–Crippen LogP) is 1.81. The van der Waals surface area contributed by atoms with Gasteiger partial charge in [0.25, 0.3) is 5.56 Å². The van der Waals surface area contributed by atoms with Gasteiger partial charge in [-0.15, -0.1) is 0 Å². The Labute approximate surface area is 92.7 Å². The first kappa shape index (κ1) is 10.4. The highest BCUT2D eigenvalue weighted by atomic mass is 16.1. The quantitative estimate of drug-likeness (QED) is 0.737. The van der Waals surface area contributed by atoms with Crippen molar-refractivity contribution in [2.24, 2.45) is 7.05 Å². The van der Waals surface area contributed by atoms with Crippen molar-refractivity contribution in [2.45, 2.75) is 6.92 Å². The van der Waals surface area contributed by atoms with Crippen LogP contribution >= 0.6 is 0 Å². The van der Waals surface area contributed by atoms with Crippen molar-refractivity contribution in [3.05, 3.63) is 46.5 Å². The standard InChI is InChI=1S/C12H13N3O/c1-7(2)10(13)9-6-15(3)12(16)11-8(9)4-5-14-11/h4-6,13-14H,1H2,2-3H3. The molecule has 4 heteroatoms. The third-order valence-electron chi connectivity index (χ3n) is 2.59. The first-order chi connectivity index (χ1) is 7.52. The van der Waals surface area contributed by atoms with E-state index in [1.54, 1.807) is 26.4 Å². The zero-order valence-corrected chi connectivity index (χ0v) is 9.29. The van der Waals surface area contributed by atoms with Gasteiger partial charge in [-0.25, -0.2) is 0 Å². The van der Waals surface area contributed by atoms with E-state index in [-0.39, 0.29) is 5.56 Å². The maximum atomic E-state index is 11.8. The molecule has 16 heavy (non-hydrogen) atoms. The van der Waals surface area contributed by atoms with Crippen LogP contribution in [0.4, 0.5) is 0 Å². The Hall–Kier alpha value is -2.10. The van der Waals surface area contributed by atoms with Crippen molar-refractivity contribution in [1.82, 2.24) is 9.55 Å². The third-order valence-corrected chi connectivity index (χ3v) is 2.59. The van der Waals surface area contributed by atoms with Crippen LogP contribution in [0.1, 0.15) is 12.5 Å². The molecule has 0 radical (unpaired) electrons. The minimum Gasteiger partial charge on any atom is -0.357 e. The van der Waals surface area contributed by atoms with Gasteiger partial charge in [-0.2, -0.15) is 0 Å². The van der Waals surface area contributed by atoms with E-state index >= 15 is 0 Å². The van der Waals surface area contributed by atoms with Crippen LogP contribution in [0.25, 0.3) is 10.9 Å². The van der Waals surface area contributed by atoms with Crippen molar-refractivity contribution < 1.29 is 0 Å². The van der Waals surface area contributed by atoms with Gasteiger partial charge >= 0.3 is 0 Å². The fraction of sp³-hybridized carbons (Fsp3) is 0.167. The lowest BCUT2D eigenvalue weighted by molar-refractivity contribution is 0.868. The fourth-order valence-electron chi connectivity index (χ4n) is 1.70. The number of aromatic amines is 1. The minimum atomic E-state index is -0.0849. The van der Waals surface area contributed by atoms with Gasteiger partial charge < -0.3 is 9.55 Å². The van der Waals surface area contributed by atoms with E-state index in [1.165, 1.54) is 4.57 Å². The van der Waals surface area contributed by atoms with Crippen LogP contribution in [0.3, 0.4) is 0 Å². The van der Waals surface area contributed by atoms with E-state index < -0.39 is 0 Å². The molecule has 0 aromatic carbocycles. The highest BCUT2D eigenvalue weighted by molar-refractivity contribution is 6.16. The molecule has 0 atom stereocenters. The normalized spacial score (nSPS) is 10.6. The average Bonchev–Trinajstić information content (AvgIpc) is 2.71. The summed E-state index contributed by atoms with van der Waals surface area (Å²) in [5.74, 6) is 0. The number of H-pyrrole nitrogens is 1. The lowest BCUT2D eigenvalue weighted by Crippen LogP contribution is -2.19. The molecule has 0 fully saturated rings. The van der Waals surface area contributed by atoms with Crippen LogP contribution in [0.15, 0.2) is 35.4 Å². The Kier molecular flexibility index (Phi) is 2.27. The van der Waals surface area contributed by atoms with Crippen molar-refractivity contribution in [1.29, 1.82) is 5.41 Å². The van der Waals surface area contributed by atoms with E-state index in [4.69, 9.17) is 5.41 Å². The summed E-state index contributed by atoms with van der Waals surface area (Å²) in [6.07, 6.45) is 3.39. The molecule has 0 spiro atoms.